The summed E-state index contributed by atoms with van der Waals surface area (Å²) in [5, 5.41) is 12.6. The minimum Gasteiger partial charge on any atom is -0.483 e. The Kier molecular flexibility index (Phi) is 6.99. The van der Waals surface area contributed by atoms with Crippen LogP contribution in [0.2, 0.25) is 5.02 Å². The van der Waals surface area contributed by atoms with Crippen molar-refractivity contribution in [3.8, 4) is 11.8 Å². The predicted molar refractivity (Wildman–Crippen MR) is 107 cm³/mol. The second-order valence-corrected chi connectivity index (χ2v) is 6.82. The van der Waals surface area contributed by atoms with E-state index in [0.29, 0.717) is 26.5 Å². The quantitative estimate of drug-likeness (QED) is 0.517. The standard InChI is InChI=1S/C19H15BrClN3O3/c1-11-6-14(21)3-4-16(11)24-19(26)13(9-22)7-12-2-5-17(15(20)8-12)27-10-18(23)25/h2-8H,10H2,1H3,(H2,23,25)(H,24,26). The van der Waals surface area contributed by atoms with Crippen LogP contribution < -0.4 is 15.8 Å². The monoisotopic (exact) mass is 447 g/mol. The summed E-state index contributed by atoms with van der Waals surface area (Å²) in [4.78, 5) is 23.2. The van der Waals surface area contributed by atoms with Gasteiger partial charge in [-0.3, -0.25) is 9.59 Å². The lowest BCUT2D eigenvalue weighted by molar-refractivity contribution is -0.120. The van der Waals surface area contributed by atoms with Crippen LogP contribution in [0, 0.1) is 18.3 Å². The molecule has 27 heavy (non-hydrogen) atoms. The van der Waals surface area contributed by atoms with E-state index in [2.05, 4.69) is 21.2 Å². The first-order chi connectivity index (χ1) is 12.8. The summed E-state index contributed by atoms with van der Waals surface area (Å²) < 4.78 is 5.80. The molecular formula is C19H15BrClN3O3. The summed E-state index contributed by atoms with van der Waals surface area (Å²) in [5.41, 5.74) is 6.94. The van der Waals surface area contributed by atoms with Gasteiger partial charge in [-0.1, -0.05) is 17.7 Å². The highest BCUT2D eigenvalue weighted by Crippen LogP contribution is 2.27. The Labute approximate surface area is 169 Å². The number of carbonyl (C=O) groups is 2. The molecule has 0 unspecified atom stereocenters. The first-order valence-corrected chi connectivity index (χ1v) is 8.87. The highest BCUT2D eigenvalue weighted by atomic mass is 79.9. The maximum atomic E-state index is 12.4. The van der Waals surface area contributed by atoms with Crippen molar-refractivity contribution in [2.45, 2.75) is 6.92 Å². The third kappa shape index (κ3) is 5.84. The molecule has 3 N–H and O–H groups in total. The van der Waals surface area contributed by atoms with Crippen molar-refractivity contribution in [2.75, 3.05) is 11.9 Å². The number of amides is 2. The van der Waals surface area contributed by atoms with Crippen molar-refractivity contribution >= 4 is 51.1 Å². The molecule has 2 amide bonds. The van der Waals surface area contributed by atoms with E-state index in [4.69, 9.17) is 22.1 Å². The largest absolute Gasteiger partial charge is 0.483 e. The summed E-state index contributed by atoms with van der Waals surface area (Å²) >= 11 is 9.22. The van der Waals surface area contributed by atoms with Gasteiger partial charge in [0.2, 0.25) is 0 Å². The van der Waals surface area contributed by atoms with E-state index in [0.717, 1.165) is 5.56 Å². The van der Waals surface area contributed by atoms with Gasteiger partial charge in [-0.2, -0.15) is 5.26 Å². The average molecular weight is 449 g/mol. The normalized spacial score (nSPS) is 10.8. The third-order valence-corrected chi connectivity index (χ3v) is 4.29. The van der Waals surface area contributed by atoms with Crippen LogP contribution in [0.5, 0.6) is 5.75 Å². The first-order valence-electron chi connectivity index (χ1n) is 7.70. The van der Waals surface area contributed by atoms with Crippen molar-refractivity contribution in [1.29, 1.82) is 5.26 Å². The van der Waals surface area contributed by atoms with Crippen LogP contribution in [0.15, 0.2) is 46.4 Å². The maximum Gasteiger partial charge on any atom is 0.266 e. The minimum atomic E-state index is -0.591. The predicted octanol–water partition coefficient (Wildman–Crippen LogP) is 3.82. The van der Waals surface area contributed by atoms with Crippen LogP contribution in [-0.2, 0) is 9.59 Å². The molecule has 0 bridgehead atoms. The zero-order valence-electron chi connectivity index (χ0n) is 14.3. The first kappa shape index (κ1) is 20.5. The average Bonchev–Trinajstić information content (AvgIpc) is 2.61. The zero-order valence-corrected chi connectivity index (χ0v) is 16.6. The van der Waals surface area contributed by atoms with Crippen LogP contribution in [0.4, 0.5) is 5.69 Å². The molecule has 0 heterocycles. The number of hydrogen-bond acceptors (Lipinski definition) is 4. The number of rotatable bonds is 6. The van der Waals surface area contributed by atoms with Gasteiger partial charge in [0.05, 0.1) is 4.47 Å². The number of nitrogens with one attached hydrogen (secondary N) is 1. The molecule has 0 fully saturated rings. The Morgan fingerprint density at radius 3 is 2.67 bits per heavy atom. The molecule has 0 aliphatic rings. The fourth-order valence-electron chi connectivity index (χ4n) is 2.15. The summed E-state index contributed by atoms with van der Waals surface area (Å²) in [7, 11) is 0. The Bertz CT molecular complexity index is 967. The lowest BCUT2D eigenvalue weighted by atomic mass is 10.1. The number of anilines is 1. The van der Waals surface area contributed by atoms with Crippen molar-refractivity contribution in [3.05, 3.63) is 62.6 Å². The van der Waals surface area contributed by atoms with Gasteiger partial charge in [0.15, 0.2) is 6.61 Å². The van der Waals surface area contributed by atoms with Gasteiger partial charge < -0.3 is 15.8 Å². The molecule has 0 radical (unpaired) electrons. The van der Waals surface area contributed by atoms with E-state index >= 15 is 0 Å². The van der Waals surface area contributed by atoms with Crippen molar-refractivity contribution in [3.63, 3.8) is 0 Å². The summed E-state index contributed by atoms with van der Waals surface area (Å²) in [6, 6.07) is 11.9. The number of nitrogens with two attached hydrogens (primary N) is 1. The SMILES string of the molecule is Cc1cc(Cl)ccc1NC(=O)C(C#N)=Cc1ccc(OCC(N)=O)c(Br)c1. The van der Waals surface area contributed by atoms with Gasteiger partial charge in [0, 0.05) is 10.7 Å². The Balaban J connectivity index is 2.19. The number of nitriles is 1. The number of nitrogens with zero attached hydrogens (tertiary/aromatic N) is 1. The molecule has 8 heteroatoms. The van der Waals surface area contributed by atoms with Crippen LogP contribution >= 0.6 is 27.5 Å². The van der Waals surface area contributed by atoms with Gasteiger partial charge in [0.1, 0.15) is 17.4 Å². The molecule has 0 aliphatic carbocycles. The Hall–Kier alpha value is -2.82. The van der Waals surface area contributed by atoms with Crippen molar-refractivity contribution in [2.24, 2.45) is 5.73 Å². The number of aryl methyl sites for hydroxylation is 1. The molecule has 0 atom stereocenters. The van der Waals surface area contributed by atoms with Crippen LogP contribution in [0.25, 0.3) is 6.08 Å². The second kappa shape index (κ2) is 9.21. The molecule has 6 nitrogen and oxygen atoms in total. The molecule has 2 rings (SSSR count). The highest BCUT2D eigenvalue weighted by molar-refractivity contribution is 9.10. The van der Waals surface area contributed by atoms with Gasteiger partial charge in [-0.05, 0) is 70.4 Å². The number of ether oxygens (including phenoxy) is 1. The summed E-state index contributed by atoms with van der Waals surface area (Å²) in [5.74, 6) is -0.703. The van der Waals surface area contributed by atoms with Gasteiger partial charge in [-0.15, -0.1) is 0 Å². The van der Waals surface area contributed by atoms with E-state index in [9.17, 15) is 14.9 Å². The number of benzene rings is 2. The lowest BCUT2D eigenvalue weighted by Gasteiger charge is -2.09. The molecule has 0 aromatic heterocycles. The Morgan fingerprint density at radius 2 is 2.07 bits per heavy atom. The molecule has 0 saturated carbocycles. The van der Waals surface area contributed by atoms with Crippen LogP contribution in [0.3, 0.4) is 0 Å². The molecule has 0 aliphatic heterocycles. The molecule has 0 saturated heterocycles. The van der Waals surface area contributed by atoms with Gasteiger partial charge >= 0.3 is 0 Å². The fourth-order valence-corrected chi connectivity index (χ4v) is 2.88. The smallest absolute Gasteiger partial charge is 0.266 e. The number of primary amides is 1. The fraction of sp³-hybridized carbons (Fsp3) is 0.105. The van der Waals surface area contributed by atoms with Crippen LogP contribution in [-0.4, -0.2) is 18.4 Å². The molecule has 2 aromatic carbocycles. The summed E-state index contributed by atoms with van der Waals surface area (Å²) in [6.45, 7) is 1.55. The Morgan fingerprint density at radius 1 is 1.33 bits per heavy atom. The lowest BCUT2D eigenvalue weighted by Crippen LogP contribution is -2.20. The second-order valence-electron chi connectivity index (χ2n) is 5.53. The number of hydrogen-bond donors (Lipinski definition) is 2. The van der Waals surface area contributed by atoms with E-state index in [1.165, 1.54) is 6.08 Å². The molecule has 138 valence electrons. The maximum absolute atomic E-state index is 12.4. The molecule has 0 spiro atoms. The van der Waals surface area contributed by atoms with E-state index in [1.54, 1.807) is 43.3 Å². The van der Waals surface area contributed by atoms with E-state index < -0.39 is 11.8 Å². The van der Waals surface area contributed by atoms with E-state index in [-0.39, 0.29) is 12.2 Å². The third-order valence-electron chi connectivity index (χ3n) is 3.44. The number of halogens is 2. The van der Waals surface area contributed by atoms with E-state index in [1.807, 2.05) is 6.07 Å². The topological polar surface area (TPSA) is 105 Å². The zero-order chi connectivity index (χ0) is 20.0. The van der Waals surface area contributed by atoms with Crippen LogP contribution in [0.1, 0.15) is 11.1 Å². The van der Waals surface area contributed by atoms with Crippen molar-refractivity contribution in [1.82, 2.24) is 0 Å². The van der Waals surface area contributed by atoms with Crippen molar-refractivity contribution < 1.29 is 14.3 Å². The molecular weight excluding hydrogens is 434 g/mol. The van der Waals surface area contributed by atoms with Gasteiger partial charge in [-0.25, -0.2) is 0 Å². The highest BCUT2D eigenvalue weighted by Gasteiger charge is 2.12. The summed E-state index contributed by atoms with van der Waals surface area (Å²) in [6.07, 6.45) is 1.45. The number of carbonyl (C=O) groups excluding carboxylic acids is 2. The van der Waals surface area contributed by atoms with Gasteiger partial charge in [0.25, 0.3) is 11.8 Å². The molecule has 2 aromatic rings. The minimum absolute atomic E-state index is 0.0675.